The molecule has 2 aromatic rings. The molecule has 0 aliphatic heterocycles. The largest absolute Gasteiger partial charge is 0.508 e. The first kappa shape index (κ1) is 20.1. The van der Waals surface area contributed by atoms with Gasteiger partial charge in [0.25, 0.3) is 0 Å². The van der Waals surface area contributed by atoms with Crippen LogP contribution in [0.25, 0.3) is 6.08 Å². The smallest absolute Gasteiger partial charge is 0.123 e. The predicted molar refractivity (Wildman–Crippen MR) is 111 cm³/mol. The minimum absolute atomic E-state index is 0.128. The molecule has 1 atom stereocenters. The van der Waals surface area contributed by atoms with Crippen LogP contribution in [0.1, 0.15) is 76.6 Å². The van der Waals surface area contributed by atoms with E-state index in [1.807, 2.05) is 12.1 Å². The standard InChI is InChI=1S/C24H32O2/c1-16(18-10-12-19(25)13-11-18)8-9-17-14-20(23(2,3)4)22(26)21(15-17)24(5,6)7/h8-16,25-26H,1-7H3/b9-8+. The summed E-state index contributed by atoms with van der Waals surface area (Å²) in [5.41, 5.74) is 3.95. The van der Waals surface area contributed by atoms with E-state index in [-0.39, 0.29) is 22.5 Å². The van der Waals surface area contributed by atoms with Gasteiger partial charge in [-0.3, -0.25) is 0 Å². The van der Waals surface area contributed by atoms with Gasteiger partial charge in [-0.1, -0.05) is 72.8 Å². The minimum Gasteiger partial charge on any atom is -0.508 e. The summed E-state index contributed by atoms with van der Waals surface area (Å²) in [6.07, 6.45) is 4.29. The second kappa shape index (κ2) is 7.19. The minimum atomic E-state index is -0.128. The second-order valence-electron chi connectivity index (χ2n) is 9.20. The summed E-state index contributed by atoms with van der Waals surface area (Å²) in [6.45, 7) is 14.9. The molecule has 26 heavy (non-hydrogen) atoms. The molecule has 0 bridgehead atoms. The predicted octanol–water partition coefficient (Wildman–Crippen LogP) is 6.51. The van der Waals surface area contributed by atoms with Crippen LogP contribution in [0.3, 0.4) is 0 Å². The Labute approximate surface area is 158 Å². The highest BCUT2D eigenvalue weighted by molar-refractivity contribution is 5.60. The molecule has 2 nitrogen and oxygen atoms in total. The second-order valence-corrected chi connectivity index (χ2v) is 9.20. The van der Waals surface area contributed by atoms with E-state index in [1.165, 1.54) is 0 Å². The van der Waals surface area contributed by atoms with Crippen LogP contribution in [-0.4, -0.2) is 10.2 Å². The summed E-state index contributed by atoms with van der Waals surface area (Å²) >= 11 is 0. The van der Waals surface area contributed by atoms with Gasteiger partial charge in [0.1, 0.15) is 11.5 Å². The summed E-state index contributed by atoms with van der Waals surface area (Å²) in [6, 6.07) is 11.5. The molecule has 2 rings (SSSR count). The molecule has 0 aliphatic rings. The summed E-state index contributed by atoms with van der Waals surface area (Å²) in [5, 5.41) is 20.3. The summed E-state index contributed by atoms with van der Waals surface area (Å²) in [7, 11) is 0. The number of hydrogen-bond acceptors (Lipinski definition) is 2. The molecule has 0 aliphatic carbocycles. The summed E-state index contributed by atoms with van der Waals surface area (Å²) < 4.78 is 0. The van der Waals surface area contributed by atoms with Crippen LogP contribution >= 0.6 is 0 Å². The van der Waals surface area contributed by atoms with Crippen molar-refractivity contribution >= 4 is 6.08 Å². The van der Waals surface area contributed by atoms with E-state index in [0.717, 1.165) is 22.3 Å². The highest BCUT2D eigenvalue weighted by atomic mass is 16.3. The molecule has 0 heterocycles. The van der Waals surface area contributed by atoms with Gasteiger partial charge >= 0.3 is 0 Å². The van der Waals surface area contributed by atoms with Gasteiger partial charge in [-0.05, 0) is 52.1 Å². The van der Waals surface area contributed by atoms with Crippen LogP contribution in [0.4, 0.5) is 0 Å². The van der Waals surface area contributed by atoms with Crippen molar-refractivity contribution < 1.29 is 10.2 Å². The maximum atomic E-state index is 10.8. The molecule has 0 saturated carbocycles. The Morgan fingerprint density at radius 2 is 1.27 bits per heavy atom. The van der Waals surface area contributed by atoms with Crippen molar-refractivity contribution in [1.82, 2.24) is 0 Å². The number of allylic oxidation sites excluding steroid dienone is 1. The van der Waals surface area contributed by atoms with Crippen LogP contribution < -0.4 is 0 Å². The molecule has 0 amide bonds. The molecule has 0 spiro atoms. The zero-order chi connectivity index (χ0) is 19.7. The van der Waals surface area contributed by atoms with E-state index in [9.17, 15) is 10.2 Å². The molecule has 2 N–H and O–H groups in total. The van der Waals surface area contributed by atoms with Gasteiger partial charge in [0.2, 0.25) is 0 Å². The van der Waals surface area contributed by atoms with Crippen molar-refractivity contribution in [3.05, 3.63) is 64.7 Å². The van der Waals surface area contributed by atoms with Crippen LogP contribution in [0.5, 0.6) is 11.5 Å². The number of benzene rings is 2. The third kappa shape index (κ3) is 4.69. The van der Waals surface area contributed by atoms with E-state index < -0.39 is 0 Å². The van der Waals surface area contributed by atoms with Crippen molar-refractivity contribution in [2.75, 3.05) is 0 Å². The topological polar surface area (TPSA) is 40.5 Å². The zero-order valence-corrected chi connectivity index (χ0v) is 17.1. The molecule has 1 unspecified atom stereocenters. The Balaban J connectivity index is 2.44. The molecule has 0 aromatic heterocycles. The number of hydrogen-bond donors (Lipinski definition) is 2. The lowest BCUT2D eigenvalue weighted by Crippen LogP contribution is -2.17. The quantitative estimate of drug-likeness (QED) is 0.661. The van der Waals surface area contributed by atoms with Crippen molar-refractivity contribution in [2.24, 2.45) is 0 Å². The first-order chi connectivity index (χ1) is 11.9. The van der Waals surface area contributed by atoms with Gasteiger partial charge in [-0.25, -0.2) is 0 Å². The third-order valence-corrected chi connectivity index (χ3v) is 4.74. The van der Waals surface area contributed by atoms with Gasteiger partial charge in [0.15, 0.2) is 0 Å². The molecule has 2 heteroatoms. The normalized spacial score (nSPS) is 14.0. The monoisotopic (exact) mass is 352 g/mol. The average molecular weight is 353 g/mol. The SMILES string of the molecule is CC(/C=C/c1cc(C(C)(C)C)c(O)c(C(C)(C)C)c1)c1ccc(O)cc1. The third-order valence-electron chi connectivity index (χ3n) is 4.74. The molecule has 0 saturated heterocycles. The van der Waals surface area contributed by atoms with E-state index in [2.05, 4.69) is 72.8 Å². The first-order valence-corrected chi connectivity index (χ1v) is 9.24. The van der Waals surface area contributed by atoms with Crippen molar-refractivity contribution in [3.63, 3.8) is 0 Å². The number of rotatable bonds is 3. The van der Waals surface area contributed by atoms with Crippen LogP contribution in [0, 0.1) is 0 Å². The molecule has 2 aromatic carbocycles. The average Bonchev–Trinajstić information content (AvgIpc) is 2.52. The first-order valence-electron chi connectivity index (χ1n) is 9.24. The molecule has 0 fully saturated rings. The summed E-state index contributed by atoms with van der Waals surface area (Å²) in [4.78, 5) is 0. The van der Waals surface area contributed by atoms with E-state index in [0.29, 0.717) is 5.75 Å². The fourth-order valence-electron chi connectivity index (χ4n) is 3.04. The number of phenols is 2. The van der Waals surface area contributed by atoms with Gasteiger partial charge < -0.3 is 10.2 Å². The highest BCUT2D eigenvalue weighted by Gasteiger charge is 2.26. The maximum absolute atomic E-state index is 10.8. The van der Waals surface area contributed by atoms with Gasteiger partial charge in [-0.15, -0.1) is 0 Å². The van der Waals surface area contributed by atoms with Crippen LogP contribution in [0.2, 0.25) is 0 Å². The molecular formula is C24H32O2. The number of aromatic hydroxyl groups is 2. The lowest BCUT2D eigenvalue weighted by molar-refractivity contribution is 0.423. The lowest BCUT2D eigenvalue weighted by Gasteiger charge is -2.28. The lowest BCUT2D eigenvalue weighted by atomic mass is 9.78. The van der Waals surface area contributed by atoms with Crippen LogP contribution in [-0.2, 0) is 10.8 Å². The summed E-state index contributed by atoms with van der Waals surface area (Å²) in [5.74, 6) is 0.933. The molecule has 140 valence electrons. The van der Waals surface area contributed by atoms with E-state index in [1.54, 1.807) is 12.1 Å². The molecule has 0 radical (unpaired) electrons. The maximum Gasteiger partial charge on any atom is 0.123 e. The van der Waals surface area contributed by atoms with E-state index in [4.69, 9.17) is 0 Å². The highest BCUT2D eigenvalue weighted by Crippen LogP contribution is 2.40. The van der Waals surface area contributed by atoms with Crippen molar-refractivity contribution in [1.29, 1.82) is 0 Å². The Morgan fingerprint density at radius 1 is 0.808 bits per heavy atom. The van der Waals surface area contributed by atoms with E-state index >= 15 is 0 Å². The van der Waals surface area contributed by atoms with Gasteiger partial charge in [-0.2, -0.15) is 0 Å². The van der Waals surface area contributed by atoms with Crippen LogP contribution in [0.15, 0.2) is 42.5 Å². The fourth-order valence-corrected chi connectivity index (χ4v) is 3.04. The zero-order valence-electron chi connectivity index (χ0n) is 17.1. The van der Waals surface area contributed by atoms with Gasteiger partial charge in [0.05, 0.1) is 0 Å². The Kier molecular flexibility index (Phi) is 5.55. The number of phenolic OH excluding ortho intramolecular Hbond substituents is 2. The Morgan fingerprint density at radius 3 is 1.69 bits per heavy atom. The van der Waals surface area contributed by atoms with Crippen molar-refractivity contribution in [2.45, 2.75) is 65.2 Å². The van der Waals surface area contributed by atoms with Gasteiger partial charge in [0, 0.05) is 11.1 Å². The molecular weight excluding hydrogens is 320 g/mol. The Hall–Kier alpha value is -2.22. The fraction of sp³-hybridized carbons (Fsp3) is 0.417. The Bertz CT molecular complexity index is 749. The van der Waals surface area contributed by atoms with Crippen molar-refractivity contribution in [3.8, 4) is 11.5 Å².